The maximum atomic E-state index is 5.37. The Morgan fingerprint density at radius 1 is 1.29 bits per heavy atom. The van der Waals surface area contributed by atoms with Gasteiger partial charge in [-0.15, -0.1) is 0 Å². The second-order valence-corrected chi connectivity index (χ2v) is 9.19. The molecule has 0 spiro atoms. The quantitative estimate of drug-likeness (QED) is 0.527. The first-order chi connectivity index (χ1) is 9.83. The Kier molecular flexibility index (Phi) is 5.81. The molecule has 1 aromatic carbocycles. The first-order valence-corrected chi connectivity index (χ1v) is 9.51. The number of hydrogen-bond donors (Lipinski definition) is 0. The minimum Gasteiger partial charge on any atom is -0.497 e. The van der Waals surface area contributed by atoms with Crippen LogP contribution in [0.1, 0.15) is 45.6 Å². The number of alkyl halides is 1. The van der Waals surface area contributed by atoms with E-state index in [1.54, 1.807) is 7.11 Å². The molecule has 1 aromatic rings. The number of halogens is 2. The molecule has 1 aliphatic carbocycles. The lowest BCUT2D eigenvalue weighted by molar-refractivity contribution is 0.146. The normalized spacial score (nSPS) is 26.7. The summed E-state index contributed by atoms with van der Waals surface area (Å²) in [7, 11) is 1.73. The molecule has 0 aromatic heterocycles. The van der Waals surface area contributed by atoms with Crippen molar-refractivity contribution in [3.63, 3.8) is 0 Å². The summed E-state index contributed by atoms with van der Waals surface area (Å²) in [6.45, 7) is 7.19. The SMILES string of the molecule is COc1ccc(Br)c(CC(C)(C)C2CCC(C)CC2Br)c1. The van der Waals surface area contributed by atoms with Gasteiger partial charge in [0.15, 0.2) is 0 Å². The first kappa shape index (κ1) is 17.3. The van der Waals surface area contributed by atoms with E-state index >= 15 is 0 Å². The van der Waals surface area contributed by atoms with Crippen LogP contribution in [0.2, 0.25) is 0 Å². The van der Waals surface area contributed by atoms with Gasteiger partial charge in [0.25, 0.3) is 0 Å². The molecule has 21 heavy (non-hydrogen) atoms. The molecule has 0 aliphatic heterocycles. The minimum absolute atomic E-state index is 0.281. The van der Waals surface area contributed by atoms with Crippen LogP contribution in [0.5, 0.6) is 5.75 Å². The van der Waals surface area contributed by atoms with Gasteiger partial charge in [-0.2, -0.15) is 0 Å². The van der Waals surface area contributed by atoms with Crippen molar-refractivity contribution in [2.45, 2.75) is 51.3 Å². The van der Waals surface area contributed by atoms with Crippen molar-refractivity contribution in [2.75, 3.05) is 7.11 Å². The molecule has 3 heteroatoms. The molecule has 1 saturated carbocycles. The van der Waals surface area contributed by atoms with Crippen molar-refractivity contribution in [2.24, 2.45) is 17.3 Å². The number of hydrogen-bond acceptors (Lipinski definition) is 1. The molecular formula is C18H26Br2O. The standard InChI is InChI=1S/C18H26Br2O/c1-12-5-7-15(17(20)9-12)18(2,3)11-13-10-14(21-4)6-8-16(13)19/h6,8,10,12,15,17H,5,7,9,11H2,1-4H3. The van der Waals surface area contributed by atoms with E-state index in [-0.39, 0.29) is 5.41 Å². The Bertz CT molecular complexity index is 484. The fourth-order valence-corrected chi connectivity index (χ4v) is 5.63. The molecule has 0 heterocycles. The highest BCUT2D eigenvalue weighted by molar-refractivity contribution is 9.10. The molecule has 0 amide bonds. The third-order valence-corrected chi connectivity index (χ3v) is 6.72. The summed E-state index contributed by atoms with van der Waals surface area (Å²) in [5.41, 5.74) is 1.63. The zero-order valence-electron chi connectivity index (χ0n) is 13.5. The number of methoxy groups -OCH3 is 1. The predicted molar refractivity (Wildman–Crippen MR) is 97.4 cm³/mol. The summed E-state index contributed by atoms with van der Waals surface area (Å²) >= 11 is 7.65. The maximum Gasteiger partial charge on any atom is 0.119 e. The number of benzene rings is 1. The van der Waals surface area contributed by atoms with E-state index < -0.39 is 0 Å². The van der Waals surface area contributed by atoms with Crippen LogP contribution in [0, 0.1) is 17.3 Å². The lowest BCUT2D eigenvalue weighted by atomic mass is 9.66. The summed E-state index contributed by atoms with van der Waals surface area (Å²) in [5, 5.41) is 0. The highest BCUT2D eigenvalue weighted by Crippen LogP contribution is 2.46. The summed E-state index contributed by atoms with van der Waals surface area (Å²) < 4.78 is 6.56. The van der Waals surface area contributed by atoms with Gasteiger partial charge in [-0.3, -0.25) is 0 Å². The average Bonchev–Trinajstić information content (AvgIpc) is 2.40. The van der Waals surface area contributed by atoms with Gasteiger partial charge in [0.2, 0.25) is 0 Å². The van der Waals surface area contributed by atoms with Crippen molar-refractivity contribution in [1.29, 1.82) is 0 Å². The second kappa shape index (κ2) is 7.04. The predicted octanol–water partition coefficient (Wildman–Crippen LogP) is 6.23. The van der Waals surface area contributed by atoms with Crippen molar-refractivity contribution in [3.05, 3.63) is 28.2 Å². The fraction of sp³-hybridized carbons (Fsp3) is 0.667. The Morgan fingerprint density at radius 3 is 2.62 bits per heavy atom. The molecule has 3 atom stereocenters. The Balaban J connectivity index is 2.17. The van der Waals surface area contributed by atoms with Gasteiger partial charge in [0.1, 0.15) is 5.75 Å². The Labute approximate surface area is 146 Å². The van der Waals surface area contributed by atoms with Crippen molar-refractivity contribution < 1.29 is 4.74 Å². The van der Waals surface area contributed by atoms with E-state index in [0.717, 1.165) is 24.0 Å². The minimum atomic E-state index is 0.281. The smallest absolute Gasteiger partial charge is 0.119 e. The summed E-state index contributed by atoms with van der Waals surface area (Å²) in [6, 6.07) is 6.27. The molecule has 1 aliphatic rings. The number of rotatable bonds is 4. The zero-order chi connectivity index (χ0) is 15.6. The molecule has 2 rings (SSSR count). The first-order valence-electron chi connectivity index (χ1n) is 7.80. The van der Waals surface area contributed by atoms with E-state index in [2.05, 4.69) is 64.8 Å². The van der Waals surface area contributed by atoms with Crippen LogP contribution in [-0.2, 0) is 6.42 Å². The van der Waals surface area contributed by atoms with E-state index in [1.807, 2.05) is 6.07 Å². The molecule has 0 saturated heterocycles. The van der Waals surface area contributed by atoms with Gasteiger partial charge < -0.3 is 4.74 Å². The number of ether oxygens (including phenoxy) is 1. The van der Waals surface area contributed by atoms with Crippen molar-refractivity contribution in [3.8, 4) is 5.75 Å². The molecule has 3 unspecified atom stereocenters. The van der Waals surface area contributed by atoms with E-state index in [1.165, 1.54) is 29.3 Å². The van der Waals surface area contributed by atoms with E-state index in [0.29, 0.717) is 4.83 Å². The lowest BCUT2D eigenvalue weighted by Gasteiger charge is -2.42. The fourth-order valence-electron chi connectivity index (χ4n) is 3.63. The summed E-state index contributed by atoms with van der Waals surface area (Å²) in [4.78, 5) is 0.639. The highest BCUT2D eigenvalue weighted by atomic mass is 79.9. The summed E-state index contributed by atoms with van der Waals surface area (Å²) in [6.07, 6.45) is 5.06. The molecule has 0 N–H and O–H groups in total. The Morgan fingerprint density at radius 2 is 2.00 bits per heavy atom. The van der Waals surface area contributed by atoms with Crippen LogP contribution >= 0.6 is 31.9 Å². The van der Waals surface area contributed by atoms with Crippen LogP contribution in [0.15, 0.2) is 22.7 Å². The van der Waals surface area contributed by atoms with E-state index in [9.17, 15) is 0 Å². The average molecular weight is 418 g/mol. The van der Waals surface area contributed by atoms with Gasteiger partial charge in [0.05, 0.1) is 7.11 Å². The summed E-state index contributed by atoms with van der Waals surface area (Å²) in [5.74, 6) is 2.52. The monoisotopic (exact) mass is 416 g/mol. The molecule has 118 valence electrons. The zero-order valence-corrected chi connectivity index (χ0v) is 16.6. The van der Waals surface area contributed by atoms with Gasteiger partial charge in [-0.05, 0) is 60.3 Å². The molecule has 1 nitrogen and oxygen atoms in total. The van der Waals surface area contributed by atoms with Crippen LogP contribution in [-0.4, -0.2) is 11.9 Å². The Hall–Kier alpha value is -0.0200. The molecular weight excluding hydrogens is 392 g/mol. The largest absolute Gasteiger partial charge is 0.497 e. The highest BCUT2D eigenvalue weighted by Gasteiger charge is 2.38. The molecule has 0 bridgehead atoms. The third-order valence-electron chi connectivity index (χ3n) is 4.94. The van der Waals surface area contributed by atoms with Gasteiger partial charge in [0, 0.05) is 9.30 Å². The van der Waals surface area contributed by atoms with Crippen molar-refractivity contribution in [1.82, 2.24) is 0 Å². The van der Waals surface area contributed by atoms with Crippen LogP contribution in [0.25, 0.3) is 0 Å². The topological polar surface area (TPSA) is 9.23 Å². The molecule has 1 fully saturated rings. The molecule has 0 radical (unpaired) electrons. The van der Waals surface area contributed by atoms with Crippen LogP contribution in [0.3, 0.4) is 0 Å². The van der Waals surface area contributed by atoms with Gasteiger partial charge in [-0.25, -0.2) is 0 Å². The second-order valence-electron chi connectivity index (χ2n) is 7.16. The third kappa shape index (κ3) is 4.25. The maximum absolute atomic E-state index is 5.37. The van der Waals surface area contributed by atoms with Crippen LogP contribution in [0.4, 0.5) is 0 Å². The van der Waals surface area contributed by atoms with Gasteiger partial charge >= 0.3 is 0 Å². The van der Waals surface area contributed by atoms with Crippen molar-refractivity contribution >= 4 is 31.9 Å². The lowest BCUT2D eigenvalue weighted by Crippen LogP contribution is -2.37. The van der Waals surface area contributed by atoms with E-state index in [4.69, 9.17) is 4.74 Å². The van der Waals surface area contributed by atoms with Crippen LogP contribution < -0.4 is 4.74 Å². The van der Waals surface area contributed by atoms with Gasteiger partial charge in [-0.1, -0.05) is 59.1 Å².